The van der Waals surface area contributed by atoms with E-state index in [0.717, 1.165) is 22.6 Å². The highest BCUT2D eigenvalue weighted by Crippen LogP contribution is 2.20. The van der Waals surface area contributed by atoms with Crippen LogP contribution in [0.4, 0.5) is 4.39 Å². The van der Waals surface area contributed by atoms with Gasteiger partial charge in [0.25, 0.3) is 0 Å². The van der Waals surface area contributed by atoms with Crippen LogP contribution >= 0.6 is 0 Å². The van der Waals surface area contributed by atoms with E-state index in [1.54, 1.807) is 19.1 Å². The SMILES string of the molecule is C=Cc1cc(C=C)cc([C](C)CF)c1. The molecule has 1 aromatic carbocycles. The summed E-state index contributed by atoms with van der Waals surface area (Å²) in [5, 5.41) is 0. The van der Waals surface area contributed by atoms with Crippen LogP contribution < -0.4 is 0 Å². The second-order valence-corrected chi connectivity index (χ2v) is 3.21. The first-order valence-electron chi connectivity index (χ1n) is 4.50. The molecule has 0 saturated heterocycles. The van der Waals surface area contributed by atoms with Crippen molar-refractivity contribution in [3.63, 3.8) is 0 Å². The standard InChI is InChI=1S/C13H14F/c1-4-11-6-12(5-2)8-13(7-11)10(3)9-14/h4-8H,1-2,9H2,3H3. The van der Waals surface area contributed by atoms with E-state index >= 15 is 0 Å². The Balaban J connectivity index is 3.16. The number of alkyl halides is 1. The lowest BCUT2D eigenvalue weighted by Crippen LogP contribution is -1.97. The Bertz CT molecular complexity index is 313. The number of benzene rings is 1. The van der Waals surface area contributed by atoms with Gasteiger partial charge in [-0.25, -0.2) is 0 Å². The third-order valence-electron chi connectivity index (χ3n) is 2.14. The molecular weight excluding hydrogens is 175 g/mol. The predicted molar refractivity (Wildman–Crippen MR) is 60.6 cm³/mol. The van der Waals surface area contributed by atoms with Crippen LogP contribution in [0.3, 0.4) is 0 Å². The van der Waals surface area contributed by atoms with Crippen LogP contribution in [-0.2, 0) is 0 Å². The van der Waals surface area contributed by atoms with Gasteiger partial charge < -0.3 is 0 Å². The van der Waals surface area contributed by atoms with Gasteiger partial charge in [-0.2, -0.15) is 0 Å². The second kappa shape index (κ2) is 4.75. The van der Waals surface area contributed by atoms with E-state index in [4.69, 9.17) is 0 Å². The van der Waals surface area contributed by atoms with Gasteiger partial charge in [0.15, 0.2) is 0 Å². The van der Waals surface area contributed by atoms with Crippen molar-refractivity contribution in [2.75, 3.05) is 6.67 Å². The Morgan fingerprint density at radius 1 is 1.21 bits per heavy atom. The Morgan fingerprint density at radius 2 is 1.71 bits per heavy atom. The fourth-order valence-corrected chi connectivity index (χ4v) is 1.24. The van der Waals surface area contributed by atoms with Crippen LogP contribution in [0.5, 0.6) is 0 Å². The minimum Gasteiger partial charge on any atom is -0.250 e. The van der Waals surface area contributed by atoms with Crippen molar-refractivity contribution in [1.82, 2.24) is 0 Å². The normalized spacial score (nSPS) is 10.2. The van der Waals surface area contributed by atoms with E-state index in [1.807, 2.05) is 18.2 Å². The van der Waals surface area contributed by atoms with Crippen LogP contribution in [0.2, 0.25) is 0 Å². The molecule has 0 nitrogen and oxygen atoms in total. The molecule has 1 aromatic rings. The van der Waals surface area contributed by atoms with Crippen molar-refractivity contribution in [2.45, 2.75) is 6.92 Å². The van der Waals surface area contributed by atoms with Crippen molar-refractivity contribution in [3.8, 4) is 0 Å². The molecule has 0 saturated carbocycles. The van der Waals surface area contributed by atoms with Gasteiger partial charge >= 0.3 is 0 Å². The Labute approximate surface area is 84.8 Å². The molecule has 0 aliphatic rings. The lowest BCUT2D eigenvalue weighted by molar-refractivity contribution is 0.516. The molecule has 1 heteroatoms. The third kappa shape index (κ3) is 2.32. The molecule has 0 aliphatic heterocycles. The summed E-state index contributed by atoms with van der Waals surface area (Å²) in [5.74, 6) is 0.733. The number of hydrogen-bond donors (Lipinski definition) is 0. The van der Waals surface area contributed by atoms with Gasteiger partial charge in [-0.05, 0) is 22.8 Å². The average molecular weight is 189 g/mol. The van der Waals surface area contributed by atoms with Gasteiger partial charge in [0.05, 0.1) is 6.67 Å². The molecular formula is C13H14F. The highest BCUT2D eigenvalue weighted by atomic mass is 19.1. The zero-order chi connectivity index (χ0) is 10.6. The molecule has 14 heavy (non-hydrogen) atoms. The topological polar surface area (TPSA) is 0 Å². The minimum atomic E-state index is -0.419. The monoisotopic (exact) mass is 189 g/mol. The van der Waals surface area contributed by atoms with E-state index in [2.05, 4.69) is 13.2 Å². The fraction of sp³-hybridized carbons (Fsp3) is 0.154. The maximum absolute atomic E-state index is 12.5. The first kappa shape index (κ1) is 10.7. The summed E-state index contributed by atoms with van der Waals surface area (Å²) in [5.41, 5.74) is 2.90. The summed E-state index contributed by atoms with van der Waals surface area (Å²) in [7, 11) is 0. The van der Waals surface area contributed by atoms with Crippen LogP contribution in [0.25, 0.3) is 12.2 Å². The van der Waals surface area contributed by atoms with Crippen LogP contribution in [-0.4, -0.2) is 6.67 Å². The van der Waals surface area contributed by atoms with Crippen LogP contribution in [0.1, 0.15) is 23.6 Å². The highest BCUT2D eigenvalue weighted by molar-refractivity contribution is 5.59. The minimum absolute atomic E-state index is 0.419. The lowest BCUT2D eigenvalue weighted by atomic mass is 9.97. The van der Waals surface area contributed by atoms with Crippen molar-refractivity contribution < 1.29 is 4.39 Å². The van der Waals surface area contributed by atoms with Gasteiger partial charge in [-0.1, -0.05) is 44.4 Å². The molecule has 1 radical (unpaired) electrons. The zero-order valence-electron chi connectivity index (χ0n) is 8.39. The molecule has 0 atom stereocenters. The molecule has 0 amide bonds. The maximum atomic E-state index is 12.5. The summed E-state index contributed by atoms with van der Waals surface area (Å²) >= 11 is 0. The van der Waals surface area contributed by atoms with Crippen LogP contribution in [0, 0.1) is 5.92 Å². The second-order valence-electron chi connectivity index (χ2n) is 3.21. The Morgan fingerprint density at radius 3 is 2.07 bits per heavy atom. The van der Waals surface area contributed by atoms with Crippen molar-refractivity contribution in [3.05, 3.63) is 54.0 Å². The molecule has 0 spiro atoms. The van der Waals surface area contributed by atoms with Gasteiger partial charge in [-0.15, -0.1) is 0 Å². The first-order chi connectivity index (χ1) is 6.71. The fourth-order valence-electron chi connectivity index (χ4n) is 1.24. The summed E-state index contributed by atoms with van der Waals surface area (Å²) < 4.78 is 12.5. The summed E-state index contributed by atoms with van der Waals surface area (Å²) in [6, 6.07) is 5.82. The Kier molecular flexibility index (Phi) is 3.63. The van der Waals surface area contributed by atoms with E-state index in [9.17, 15) is 4.39 Å². The summed E-state index contributed by atoms with van der Waals surface area (Å²) in [6.45, 7) is 8.76. The summed E-state index contributed by atoms with van der Waals surface area (Å²) in [6.07, 6.45) is 3.50. The van der Waals surface area contributed by atoms with Crippen molar-refractivity contribution in [1.29, 1.82) is 0 Å². The molecule has 0 aliphatic carbocycles. The van der Waals surface area contributed by atoms with Crippen molar-refractivity contribution in [2.24, 2.45) is 0 Å². The number of halogens is 1. The first-order valence-corrected chi connectivity index (χ1v) is 4.50. The lowest BCUT2D eigenvalue weighted by Gasteiger charge is -2.09. The van der Waals surface area contributed by atoms with Gasteiger partial charge in [0.2, 0.25) is 0 Å². The molecule has 0 N–H and O–H groups in total. The number of rotatable bonds is 4. The molecule has 73 valence electrons. The largest absolute Gasteiger partial charge is 0.250 e. The van der Waals surface area contributed by atoms with E-state index in [-0.39, 0.29) is 0 Å². The van der Waals surface area contributed by atoms with Gasteiger partial charge in [-0.3, -0.25) is 4.39 Å². The predicted octanol–water partition coefficient (Wildman–Crippen LogP) is 3.88. The van der Waals surface area contributed by atoms with Gasteiger partial charge in [0.1, 0.15) is 0 Å². The summed E-state index contributed by atoms with van der Waals surface area (Å²) in [4.78, 5) is 0. The molecule has 0 unspecified atom stereocenters. The Hall–Kier alpha value is -1.37. The highest BCUT2D eigenvalue weighted by Gasteiger charge is 2.06. The van der Waals surface area contributed by atoms with E-state index in [1.165, 1.54) is 0 Å². The van der Waals surface area contributed by atoms with Crippen molar-refractivity contribution >= 4 is 12.2 Å². The third-order valence-corrected chi connectivity index (χ3v) is 2.14. The van der Waals surface area contributed by atoms with E-state index < -0.39 is 6.67 Å². The maximum Gasteiger partial charge on any atom is 0.0997 e. The molecule has 0 bridgehead atoms. The molecule has 0 aromatic heterocycles. The molecule has 1 rings (SSSR count). The van der Waals surface area contributed by atoms with Gasteiger partial charge in [0, 0.05) is 5.92 Å². The molecule has 0 heterocycles. The van der Waals surface area contributed by atoms with Crippen LogP contribution in [0.15, 0.2) is 31.4 Å². The molecule has 0 fully saturated rings. The average Bonchev–Trinajstić information content (AvgIpc) is 2.27. The smallest absolute Gasteiger partial charge is 0.0997 e. The zero-order valence-corrected chi connectivity index (χ0v) is 8.39. The quantitative estimate of drug-likeness (QED) is 0.674. The number of hydrogen-bond acceptors (Lipinski definition) is 0. The van der Waals surface area contributed by atoms with E-state index in [0.29, 0.717) is 0 Å².